The summed E-state index contributed by atoms with van der Waals surface area (Å²) in [6.07, 6.45) is 3.11. The van der Waals surface area contributed by atoms with Gasteiger partial charge in [0.05, 0.1) is 0 Å². The molecule has 16 heavy (non-hydrogen) atoms. The molecule has 4 heteroatoms. The Morgan fingerprint density at radius 3 is 2.50 bits per heavy atom. The highest BCUT2D eigenvalue weighted by Crippen LogP contribution is 2.40. The van der Waals surface area contributed by atoms with E-state index >= 15 is 0 Å². The Labute approximate surface area is 93.0 Å². The molecule has 0 aromatic heterocycles. The number of fused-ring (bicyclic) bond motifs is 1. The standard InChI is InChI=1S/C12H14F2N2/c13-9-5-8-11(15)3-4-16(7-1-2-7)12(8)6-10(9)14/h5-7,11H,1-4,15H2. The zero-order valence-corrected chi connectivity index (χ0v) is 8.92. The molecule has 1 aromatic carbocycles. The lowest BCUT2D eigenvalue weighted by atomic mass is 9.96. The second-order valence-electron chi connectivity index (χ2n) is 4.64. The van der Waals surface area contributed by atoms with Crippen LogP contribution in [-0.2, 0) is 0 Å². The second kappa shape index (κ2) is 3.42. The van der Waals surface area contributed by atoms with Crippen molar-refractivity contribution >= 4 is 5.69 Å². The van der Waals surface area contributed by atoms with Crippen LogP contribution in [0.1, 0.15) is 30.9 Å². The smallest absolute Gasteiger partial charge is 0.160 e. The van der Waals surface area contributed by atoms with Gasteiger partial charge >= 0.3 is 0 Å². The summed E-state index contributed by atoms with van der Waals surface area (Å²) in [7, 11) is 0. The van der Waals surface area contributed by atoms with Crippen LogP contribution in [0.2, 0.25) is 0 Å². The predicted molar refractivity (Wildman–Crippen MR) is 58.3 cm³/mol. The first-order valence-corrected chi connectivity index (χ1v) is 5.68. The summed E-state index contributed by atoms with van der Waals surface area (Å²) in [5.41, 5.74) is 7.47. The first-order chi connectivity index (χ1) is 7.66. The van der Waals surface area contributed by atoms with E-state index in [4.69, 9.17) is 5.73 Å². The molecule has 2 N–H and O–H groups in total. The van der Waals surface area contributed by atoms with Gasteiger partial charge in [-0.25, -0.2) is 8.78 Å². The normalized spacial score (nSPS) is 24.4. The monoisotopic (exact) mass is 224 g/mol. The van der Waals surface area contributed by atoms with E-state index in [0.29, 0.717) is 6.04 Å². The third-order valence-electron chi connectivity index (χ3n) is 3.45. The van der Waals surface area contributed by atoms with Crippen LogP contribution in [-0.4, -0.2) is 12.6 Å². The van der Waals surface area contributed by atoms with Gasteiger partial charge in [-0.1, -0.05) is 0 Å². The molecule has 86 valence electrons. The Balaban J connectivity index is 2.08. The zero-order chi connectivity index (χ0) is 11.3. The molecule has 1 fully saturated rings. The Hall–Kier alpha value is -1.16. The number of hydrogen-bond acceptors (Lipinski definition) is 2. The SMILES string of the molecule is NC1CCN(C2CC2)c2cc(F)c(F)cc21. The summed E-state index contributed by atoms with van der Waals surface area (Å²) in [4.78, 5) is 2.17. The van der Waals surface area contributed by atoms with Gasteiger partial charge in [0, 0.05) is 30.4 Å². The van der Waals surface area contributed by atoms with Gasteiger partial charge in [-0.05, 0) is 30.9 Å². The predicted octanol–water partition coefficient (Wildman–Crippen LogP) is 2.34. The van der Waals surface area contributed by atoms with Crippen LogP contribution in [0.25, 0.3) is 0 Å². The maximum atomic E-state index is 13.2. The van der Waals surface area contributed by atoms with E-state index in [-0.39, 0.29) is 6.04 Å². The molecule has 1 aromatic rings. The minimum Gasteiger partial charge on any atom is -0.368 e. The summed E-state index contributed by atoms with van der Waals surface area (Å²) < 4.78 is 26.4. The zero-order valence-electron chi connectivity index (χ0n) is 8.92. The Bertz CT molecular complexity index is 429. The van der Waals surface area contributed by atoms with Gasteiger partial charge in [0.15, 0.2) is 11.6 Å². The minimum atomic E-state index is -0.799. The number of benzene rings is 1. The maximum Gasteiger partial charge on any atom is 0.160 e. The van der Waals surface area contributed by atoms with E-state index < -0.39 is 11.6 Å². The molecule has 1 aliphatic carbocycles. The number of nitrogens with two attached hydrogens (primary N) is 1. The molecule has 1 unspecified atom stereocenters. The van der Waals surface area contributed by atoms with Crippen LogP contribution in [0.5, 0.6) is 0 Å². The van der Waals surface area contributed by atoms with E-state index in [0.717, 1.165) is 37.1 Å². The van der Waals surface area contributed by atoms with Gasteiger partial charge in [-0.2, -0.15) is 0 Å². The van der Waals surface area contributed by atoms with E-state index in [9.17, 15) is 8.78 Å². The highest BCUT2D eigenvalue weighted by molar-refractivity contribution is 5.59. The molecule has 0 spiro atoms. The van der Waals surface area contributed by atoms with Gasteiger partial charge in [0.2, 0.25) is 0 Å². The highest BCUT2D eigenvalue weighted by Gasteiger charge is 2.34. The molecule has 1 atom stereocenters. The molecular formula is C12H14F2N2. The fourth-order valence-corrected chi connectivity index (χ4v) is 2.42. The quantitative estimate of drug-likeness (QED) is 0.793. The number of hydrogen-bond donors (Lipinski definition) is 1. The van der Waals surface area contributed by atoms with E-state index in [1.54, 1.807) is 0 Å². The molecule has 1 aliphatic heterocycles. The number of rotatable bonds is 1. The van der Waals surface area contributed by atoms with Crippen molar-refractivity contribution in [2.24, 2.45) is 5.73 Å². The van der Waals surface area contributed by atoms with E-state index in [2.05, 4.69) is 4.90 Å². The van der Waals surface area contributed by atoms with Gasteiger partial charge in [0.25, 0.3) is 0 Å². The molecular weight excluding hydrogens is 210 g/mol. The van der Waals surface area contributed by atoms with Crippen molar-refractivity contribution in [3.05, 3.63) is 29.3 Å². The molecule has 2 aliphatic rings. The summed E-state index contributed by atoms with van der Waals surface area (Å²) in [5, 5.41) is 0. The fourth-order valence-electron chi connectivity index (χ4n) is 2.42. The van der Waals surface area contributed by atoms with Crippen molar-refractivity contribution in [1.29, 1.82) is 0 Å². The molecule has 0 amide bonds. The minimum absolute atomic E-state index is 0.167. The van der Waals surface area contributed by atoms with Crippen LogP contribution >= 0.6 is 0 Å². The molecule has 0 saturated heterocycles. The summed E-state index contributed by atoms with van der Waals surface area (Å²) in [6, 6.07) is 2.89. The van der Waals surface area contributed by atoms with Gasteiger partial charge < -0.3 is 10.6 Å². The lowest BCUT2D eigenvalue weighted by molar-refractivity contribution is 0.498. The lowest BCUT2D eigenvalue weighted by Crippen LogP contribution is -2.35. The van der Waals surface area contributed by atoms with Gasteiger partial charge in [-0.3, -0.25) is 0 Å². The Kier molecular flexibility index (Phi) is 2.14. The first kappa shape index (κ1) is 10.0. The molecule has 1 saturated carbocycles. The summed E-state index contributed by atoms with van der Waals surface area (Å²) >= 11 is 0. The molecule has 1 heterocycles. The molecule has 0 bridgehead atoms. The summed E-state index contributed by atoms with van der Waals surface area (Å²) in [5.74, 6) is -1.58. The van der Waals surface area contributed by atoms with Crippen LogP contribution < -0.4 is 10.6 Å². The third-order valence-corrected chi connectivity index (χ3v) is 3.45. The summed E-state index contributed by atoms with van der Waals surface area (Å²) in [6.45, 7) is 0.851. The van der Waals surface area contributed by atoms with Crippen molar-refractivity contribution in [2.75, 3.05) is 11.4 Å². The van der Waals surface area contributed by atoms with Crippen LogP contribution in [0, 0.1) is 11.6 Å². The third kappa shape index (κ3) is 1.48. The van der Waals surface area contributed by atoms with Crippen LogP contribution in [0.4, 0.5) is 14.5 Å². The van der Waals surface area contributed by atoms with E-state index in [1.165, 1.54) is 12.1 Å². The Morgan fingerprint density at radius 1 is 1.12 bits per heavy atom. The topological polar surface area (TPSA) is 29.3 Å². The van der Waals surface area contributed by atoms with Gasteiger partial charge in [-0.15, -0.1) is 0 Å². The number of halogens is 2. The average molecular weight is 224 g/mol. The van der Waals surface area contributed by atoms with Gasteiger partial charge in [0.1, 0.15) is 0 Å². The van der Waals surface area contributed by atoms with Crippen molar-refractivity contribution in [2.45, 2.75) is 31.3 Å². The molecule has 2 nitrogen and oxygen atoms in total. The number of nitrogens with zero attached hydrogens (tertiary/aromatic N) is 1. The molecule has 3 rings (SSSR count). The highest BCUT2D eigenvalue weighted by atomic mass is 19.2. The van der Waals surface area contributed by atoms with Crippen LogP contribution in [0.3, 0.4) is 0 Å². The Morgan fingerprint density at radius 2 is 1.81 bits per heavy atom. The van der Waals surface area contributed by atoms with Crippen LogP contribution in [0.15, 0.2) is 12.1 Å². The lowest BCUT2D eigenvalue weighted by Gasteiger charge is -2.34. The van der Waals surface area contributed by atoms with Crippen molar-refractivity contribution in [3.8, 4) is 0 Å². The largest absolute Gasteiger partial charge is 0.368 e. The molecule has 0 radical (unpaired) electrons. The fraction of sp³-hybridized carbons (Fsp3) is 0.500. The average Bonchev–Trinajstić information content (AvgIpc) is 3.05. The maximum absolute atomic E-state index is 13.2. The first-order valence-electron chi connectivity index (χ1n) is 5.68. The number of anilines is 1. The van der Waals surface area contributed by atoms with Crippen molar-refractivity contribution in [1.82, 2.24) is 0 Å². The van der Waals surface area contributed by atoms with E-state index in [1.807, 2.05) is 0 Å². The van der Waals surface area contributed by atoms with Crippen molar-refractivity contribution in [3.63, 3.8) is 0 Å². The van der Waals surface area contributed by atoms with Crippen molar-refractivity contribution < 1.29 is 8.78 Å². The second-order valence-corrected chi connectivity index (χ2v) is 4.64.